The third kappa shape index (κ3) is 6.32. The second kappa shape index (κ2) is 11.7. The molecule has 35 heavy (non-hydrogen) atoms. The summed E-state index contributed by atoms with van der Waals surface area (Å²) in [7, 11) is 0. The summed E-state index contributed by atoms with van der Waals surface area (Å²) in [6.07, 6.45) is 5.49. The van der Waals surface area contributed by atoms with Gasteiger partial charge in [0.15, 0.2) is 0 Å². The van der Waals surface area contributed by atoms with Crippen molar-refractivity contribution in [3.05, 3.63) is 89.1 Å². The van der Waals surface area contributed by atoms with Crippen LogP contribution in [-0.4, -0.2) is 17.8 Å². The Morgan fingerprint density at radius 2 is 1.80 bits per heavy atom. The maximum Gasteiger partial charge on any atom is 0.338 e. The second-order valence-electron chi connectivity index (χ2n) is 8.73. The lowest BCUT2D eigenvalue weighted by Crippen LogP contribution is -2.24. The first-order valence-corrected chi connectivity index (χ1v) is 12.1. The van der Waals surface area contributed by atoms with Crippen molar-refractivity contribution in [2.75, 3.05) is 17.2 Å². The molecular formula is C28H31N2O5-. The predicted octanol–water partition coefficient (Wildman–Crippen LogP) is 7.08. The van der Waals surface area contributed by atoms with Gasteiger partial charge in [0.1, 0.15) is 11.5 Å². The Bertz CT molecular complexity index is 1110. The molecule has 0 amide bonds. The van der Waals surface area contributed by atoms with Crippen molar-refractivity contribution in [1.82, 2.24) is 0 Å². The zero-order valence-electron chi connectivity index (χ0n) is 19.9. The van der Waals surface area contributed by atoms with Gasteiger partial charge in [-0.25, -0.2) is 4.79 Å². The van der Waals surface area contributed by atoms with Gasteiger partial charge in [-0.2, -0.15) is 0 Å². The van der Waals surface area contributed by atoms with Crippen molar-refractivity contribution in [2.45, 2.75) is 45.1 Å². The first-order chi connectivity index (χ1) is 17.0. The Kier molecular flexibility index (Phi) is 8.23. The van der Waals surface area contributed by atoms with Gasteiger partial charge in [0, 0.05) is 6.07 Å². The molecule has 2 N–H and O–H groups in total. The molecule has 0 bridgehead atoms. The minimum atomic E-state index is -0.364. The normalized spacial score (nSPS) is 14.7. The molecule has 0 spiro atoms. The van der Waals surface area contributed by atoms with E-state index in [-0.39, 0.29) is 22.9 Å². The van der Waals surface area contributed by atoms with Crippen molar-refractivity contribution in [2.24, 2.45) is 5.92 Å². The maximum atomic E-state index is 12.4. The highest BCUT2D eigenvalue weighted by Crippen LogP contribution is 2.40. The zero-order chi connectivity index (χ0) is 24.6. The van der Waals surface area contributed by atoms with Crippen LogP contribution in [0, 0.1) is 11.1 Å². The zero-order valence-corrected chi connectivity index (χ0v) is 19.9. The van der Waals surface area contributed by atoms with E-state index in [1.165, 1.54) is 12.5 Å². The molecule has 0 aliphatic heterocycles. The highest BCUT2D eigenvalue weighted by Gasteiger charge is 2.27. The summed E-state index contributed by atoms with van der Waals surface area (Å²) in [5, 5.41) is 25.1. The number of hydrogen-bond donors (Lipinski definition) is 2. The van der Waals surface area contributed by atoms with Gasteiger partial charge >= 0.3 is 5.97 Å². The number of ether oxygens (including phenoxy) is 2. The van der Waals surface area contributed by atoms with Crippen LogP contribution in [0.15, 0.2) is 72.8 Å². The number of nitrogens with one attached hydrogen (secondary N) is 1. The summed E-state index contributed by atoms with van der Waals surface area (Å²) in [6.45, 7) is 2.09. The van der Waals surface area contributed by atoms with E-state index in [1.807, 2.05) is 48.5 Å². The molecule has 0 radical (unpaired) electrons. The van der Waals surface area contributed by atoms with Crippen LogP contribution in [0.25, 0.3) is 0 Å². The maximum absolute atomic E-state index is 12.4. The molecule has 0 saturated heterocycles. The molecule has 7 heteroatoms. The van der Waals surface area contributed by atoms with Crippen molar-refractivity contribution in [3.63, 3.8) is 0 Å². The van der Waals surface area contributed by atoms with E-state index in [4.69, 9.17) is 9.47 Å². The highest BCUT2D eigenvalue weighted by molar-refractivity contribution is 5.89. The number of carbonyl (C=O) groups is 1. The fourth-order valence-electron chi connectivity index (χ4n) is 4.67. The van der Waals surface area contributed by atoms with Crippen LogP contribution >= 0.6 is 0 Å². The molecule has 7 nitrogen and oxygen atoms in total. The fourth-order valence-corrected chi connectivity index (χ4v) is 4.67. The minimum Gasteiger partial charge on any atom is -0.733 e. The number of anilines is 2. The predicted molar refractivity (Wildman–Crippen MR) is 136 cm³/mol. The van der Waals surface area contributed by atoms with Crippen LogP contribution in [0.3, 0.4) is 0 Å². The highest BCUT2D eigenvalue weighted by atomic mass is 16.8. The van der Waals surface area contributed by atoms with E-state index in [9.17, 15) is 15.2 Å². The Morgan fingerprint density at radius 1 is 1.03 bits per heavy atom. The number of nitrogens with zero attached hydrogens (tertiary/aromatic N) is 1. The number of benzene rings is 3. The van der Waals surface area contributed by atoms with Crippen LogP contribution in [0.2, 0.25) is 0 Å². The Hall–Kier alpha value is -3.55. The Morgan fingerprint density at radius 3 is 2.51 bits per heavy atom. The standard InChI is InChI=1S/C28H31N2O5/c1-2-34-28(31)22-13-9-12-21(18-22)27(20-10-5-3-6-11-20)29-25-19-24(16-17-26(25)30(32)33)35-23-14-7-4-8-15-23/h4,7-9,12-20,27,29,32H,2-3,5-6,10-11H2,1H3/q-1. The van der Waals surface area contributed by atoms with Crippen LogP contribution in [0.5, 0.6) is 11.5 Å². The fraction of sp³-hybridized carbons (Fsp3) is 0.321. The molecule has 0 heterocycles. The smallest absolute Gasteiger partial charge is 0.338 e. The van der Waals surface area contributed by atoms with Crippen LogP contribution in [0.4, 0.5) is 11.4 Å². The average molecular weight is 476 g/mol. The van der Waals surface area contributed by atoms with Gasteiger partial charge in [0.05, 0.1) is 29.6 Å². The van der Waals surface area contributed by atoms with Crippen molar-refractivity contribution in [1.29, 1.82) is 0 Å². The number of esters is 1. The van der Waals surface area contributed by atoms with Crippen molar-refractivity contribution >= 4 is 17.3 Å². The van der Waals surface area contributed by atoms with Gasteiger partial charge in [0.2, 0.25) is 0 Å². The van der Waals surface area contributed by atoms with Gasteiger partial charge in [-0.05, 0) is 67.6 Å². The third-order valence-corrected chi connectivity index (χ3v) is 6.34. The molecule has 1 atom stereocenters. The first-order valence-electron chi connectivity index (χ1n) is 12.1. The van der Waals surface area contributed by atoms with Crippen molar-refractivity contribution in [3.8, 4) is 11.5 Å². The Balaban J connectivity index is 1.69. The molecule has 1 fully saturated rings. The van der Waals surface area contributed by atoms with Gasteiger partial charge < -0.3 is 25.2 Å². The minimum absolute atomic E-state index is 0.0905. The SMILES string of the molecule is CCOC(=O)c1cccc(C(Nc2cc(Oc3ccccc3)ccc2N([O-])O)C2CCCCC2)c1. The molecule has 1 unspecified atom stereocenters. The molecule has 3 aromatic rings. The number of hydrogen-bond acceptors (Lipinski definition) is 7. The summed E-state index contributed by atoms with van der Waals surface area (Å²) < 4.78 is 11.2. The lowest BCUT2D eigenvalue weighted by atomic mass is 9.80. The molecule has 1 saturated carbocycles. The van der Waals surface area contributed by atoms with E-state index in [2.05, 4.69) is 5.32 Å². The molecule has 1 aliphatic carbocycles. The largest absolute Gasteiger partial charge is 0.733 e. The average Bonchev–Trinajstić information content (AvgIpc) is 2.88. The molecule has 1 aliphatic rings. The molecule has 0 aromatic heterocycles. The number of carbonyl (C=O) groups excluding carboxylic acids is 1. The molecule has 4 rings (SSSR count). The van der Waals surface area contributed by atoms with Gasteiger partial charge in [-0.15, -0.1) is 0 Å². The summed E-state index contributed by atoms with van der Waals surface area (Å²) >= 11 is 0. The van der Waals surface area contributed by atoms with E-state index in [1.54, 1.807) is 25.1 Å². The van der Waals surface area contributed by atoms with E-state index >= 15 is 0 Å². The Labute approximate surface area is 205 Å². The third-order valence-electron chi connectivity index (χ3n) is 6.34. The number of para-hydroxylation sites is 1. The first kappa shape index (κ1) is 24.6. The quantitative estimate of drug-likeness (QED) is 0.252. The van der Waals surface area contributed by atoms with E-state index < -0.39 is 0 Å². The van der Waals surface area contributed by atoms with Gasteiger partial charge in [-0.3, -0.25) is 5.21 Å². The molecular weight excluding hydrogens is 444 g/mol. The summed E-state index contributed by atoms with van der Waals surface area (Å²) in [5.74, 6) is 1.13. The van der Waals surface area contributed by atoms with E-state index in [0.717, 1.165) is 31.2 Å². The molecule has 184 valence electrons. The lowest BCUT2D eigenvalue weighted by Gasteiger charge is -2.34. The molecule has 3 aromatic carbocycles. The lowest BCUT2D eigenvalue weighted by molar-refractivity contribution is 0.0526. The van der Waals surface area contributed by atoms with Crippen LogP contribution in [-0.2, 0) is 4.74 Å². The summed E-state index contributed by atoms with van der Waals surface area (Å²) in [4.78, 5) is 12.4. The summed E-state index contributed by atoms with van der Waals surface area (Å²) in [6, 6.07) is 21.5. The monoisotopic (exact) mass is 475 g/mol. The van der Waals surface area contributed by atoms with Gasteiger partial charge in [0.25, 0.3) is 0 Å². The van der Waals surface area contributed by atoms with Crippen molar-refractivity contribution < 1.29 is 19.5 Å². The van der Waals surface area contributed by atoms with E-state index in [0.29, 0.717) is 35.3 Å². The van der Waals surface area contributed by atoms with Crippen LogP contribution in [0.1, 0.15) is 61.0 Å². The number of rotatable bonds is 9. The topological polar surface area (TPSA) is 94.1 Å². The van der Waals surface area contributed by atoms with Gasteiger partial charge in [-0.1, -0.05) is 49.6 Å². The second-order valence-corrected chi connectivity index (χ2v) is 8.73. The summed E-state index contributed by atoms with van der Waals surface area (Å²) in [5.41, 5.74) is 1.96. The van der Waals surface area contributed by atoms with Crippen LogP contribution < -0.4 is 15.3 Å².